The molecule has 2 atom stereocenters. The third-order valence-electron chi connectivity index (χ3n) is 3.40. The minimum atomic E-state index is -4.78. The first-order valence-corrected chi connectivity index (χ1v) is 6.83. The number of carbonyl (C=O) groups excluding carboxylic acids is 1. The second-order valence-corrected chi connectivity index (χ2v) is 5.34. The van der Waals surface area contributed by atoms with Crippen molar-refractivity contribution in [3.05, 3.63) is 29.8 Å². The van der Waals surface area contributed by atoms with E-state index in [0.29, 0.717) is 5.56 Å². The number of rotatable bonds is 4. The van der Waals surface area contributed by atoms with E-state index in [1.54, 1.807) is 6.92 Å². The lowest BCUT2D eigenvalue weighted by Crippen LogP contribution is -2.41. The van der Waals surface area contributed by atoms with Gasteiger partial charge in [0.15, 0.2) is 0 Å². The van der Waals surface area contributed by atoms with Gasteiger partial charge < -0.3 is 10.1 Å². The van der Waals surface area contributed by atoms with Crippen LogP contribution in [0.3, 0.4) is 0 Å². The number of hydrogen-bond acceptors (Lipinski definition) is 3. The van der Waals surface area contributed by atoms with E-state index >= 15 is 0 Å². The fourth-order valence-corrected chi connectivity index (χ4v) is 2.26. The van der Waals surface area contributed by atoms with E-state index < -0.39 is 43.2 Å². The summed E-state index contributed by atoms with van der Waals surface area (Å²) in [5.41, 5.74) is 0.526. The molecule has 1 heterocycles. The molecule has 0 saturated carbocycles. The molecule has 1 saturated heterocycles. The van der Waals surface area contributed by atoms with Gasteiger partial charge in [-0.1, -0.05) is 12.1 Å². The van der Waals surface area contributed by atoms with Crippen molar-refractivity contribution in [2.75, 3.05) is 6.54 Å². The van der Waals surface area contributed by atoms with Crippen LogP contribution in [0.25, 0.3) is 0 Å². The Morgan fingerprint density at radius 3 is 2.43 bits per heavy atom. The van der Waals surface area contributed by atoms with Crippen molar-refractivity contribution in [2.45, 2.75) is 37.7 Å². The zero-order valence-corrected chi connectivity index (χ0v) is 12.1. The van der Waals surface area contributed by atoms with Gasteiger partial charge in [-0.15, -0.1) is 13.2 Å². The molecule has 2 N–H and O–H groups in total. The SMILES string of the molecule is CC(NC(=O)C1CC(F)(F)CN1)c1ccc(OC(F)(F)F)cc1. The van der Waals surface area contributed by atoms with Crippen LogP contribution in [0.2, 0.25) is 0 Å². The van der Waals surface area contributed by atoms with Crippen molar-refractivity contribution in [1.82, 2.24) is 10.6 Å². The molecule has 1 aliphatic rings. The molecule has 0 radical (unpaired) electrons. The third-order valence-corrected chi connectivity index (χ3v) is 3.40. The highest BCUT2D eigenvalue weighted by Gasteiger charge is 2.42. The monoisotopic (exact) mass is 338 g/mol. The van der Waals surface area contributed by atoms with Gasteiger partial charge in [0.1, 0.15) is 5.75 Å². The Hall–Kier alpha value is -1.90. The summed E-state index contributed by atoms with van der Waals surface area (Å²) in [4.78, 5) is 11.9. The van der Waals surface area contributed by atoms with Crippen LogP contribution < -0.4 is 15.4 Å². The average molecular weight is 338 g/mol. The molecule has 0 aromatic heterocycles. The lowest BCUT2D eigenvalue weighted by molar-refractivity contribution is -0.274. The molecule has 0 aliphatic carbocycles. The second kappa shape index (κ2) is 6.31. The largest absolute Gasteiger partial charge is 0.573 e. The second-order valence-electron chi connectivity index (χ2n) is 5.34. The summed E-state index contributed by atoms with van der Waals surface area (Å²) in [6.45, 7) is 1.05. The number of hydrogen-bond donors (Lipinski definition) is 2. The fourth-order valence-electron chi connectivity index (χ4n) is 2.26. The maximum atomic E-state index is 13.0. The Labute approximate surface area is 129 Å². The number of halogens is 5. The molecule has 128 valence electrons. The first-order valence-electron chi connectivity index (χ1n) is 6.83. The summed E-state index contributed by atoms with van der Waals surface area (Å²) < 4.78 is 66.0. The maximum absolute atomic E-state index is 13.0. The zero-order chi connectivity index (χ0) is 17.3. The average Bonchev–Trinajstić information content (AvgIpc) is 2.78. The van der Waals surface area contributed by atoms with E-state index in [1.807, 2.05) is 0 Å². The number of nitrogens with one attached hydrogen (secondary N) is 2. The molecule has 0 bridgehead atoms. The number of alkyl halides is 5. The number of amides is 1. The van der Waals surface area contributed by atoms with Crippen LogP contribution in [0.15, 0.2) is 24.3 Å². The molecule has 1 amide bonds. The Bertz CT molecular complexity index is 559. The summed E-state index contributed by atoms with van der Waals surface area (Å²) in [6.07, 6.45) is -5.36. The minimum Gasteiger partial charge on any atom is -0.406 e. The van der Waals surface area contributed by atoms with Crippen LogP contribution in [0, 0.1) is 0 Å². The Kier molecular flexibility index (Phi) is 4.79. The van der Waals surface area contributed by atoms with E-state index in [-0.39, 0.29) is 5.75 Å². The van der Waals surface area contributed by atoms with Gasteiger partial charge in [-0.2, -0.15) is 0 Å². The Morgan fingerprint density at radius 2 is 1.96 bits per heavy atom. The van der Waals surface area contributed by atoms with Crippen molar-refractivity contribution in [3.8, 4) is 5.75 Å². The highest BCUT2D eigenvalue weighted by molar-refractivity contribution is 5.82. The normalized spacial score (nSPS) is 21.7. The Balaban J connectivity index is 1.93. The molecule has 2 unspecified atom stereocenters. The van der Waals surface area contributed by atoms with Gasteiger partial charge in [-0.05, 0) is 24.6 Å². The smallest absolute Gasteiger partial charge is 0.406 e. The number of ether oxygens (including phenoxy) is 1. The molecular weight excluding hydrogens is 323 g/mol. The van der Waals surface area contributed by atoms with Gasteiger partial charge in [0, 0.05) is 6.42 Å². The highest BCUT2D eigenvalue weighted by Crippen LogP contribution is 2.26. The van der Waals surface area contributed by atoms with Gasteiger partial charge in [0.05, 0.1) is 18.6 Å². The highest BCUT2D eigenvalue weighted by atomic mass is 19.4. The summed E-state index contributed by atoms with van der Waals surface area (Å²) in [7, 11) is 0. The van der Waals surface area contributed by atoms with E-state index in [2.05, 4.69) is 15.4 Å². The third kappa shape index (κ3) is 5.05. The van der Waals surface area contributed by atoms with Gasteiger partial charge in [0.2, 0.25) is 5.91 Å². The standard InChI is InChI=1S/C14H15F5N2O2/c1-8(21-12(22)11-6-13(15,16)7-20-11)9-2-4-10(5-3-9)23-14(17,18)19/h2-5,8,11,20H,6-7H2,1H3,(H,21,22). The zero-order valence-electron chi connectivity index (χ0n) is 12.1. The molecule has 4 nitrogen and oxygen atoms in total. The van der Waals surface area contributed by atoms with E-state index in [9.17, 15) is 26.7 Å². The first kappa shape index (κ1) is 17.5. The maximum Gasteiger partial charge on any atom is 0.573 e. The molecule has 1 aromatic carbocycles. The molecule has 1 aromatic rings. The van der Waals surface area contributed by atoms with Crippen LogP contribution in [-0.4, -0.2) is 30.8 Å². The van der Waals surface area contributed by atoms with Gasteiger partial charge in [-0.3, -0.25) is 10.1 Å². The van der Waals surface area contributed by atoms with Crippen LogP contribution in [0.5, 0.6) is 5.75 Å². The van der Waals surface area contributed by atoms with Gasteiger partial charge >= 0.3 is 6.36 Å². The summed E-state index contributed by atoms with van der Waals surface area (Å²) >= 11 is 0. The lowest BCUT2D eigenvalue weighted by atomic mass is 10.1. The summed E-state index contributed by atoms with van der Waals surface area (Å²) in [6, 6.07) is 3.44. The molecule has 2 rings (SSSR count). The van der Waals surface area contributed by atoms with Crippen molar-refractivity contribution in [3.63, 3.8) is 0 Å². The molecular formula is C14H15F5N2O2. The van der Waals surface area contributed by atoms with Crippen molar-refractivity contribution >= 4 is 5.91 Å². The van der Waals surface area contributed by atoms with E-state index in [0.717, 1.165) is 12.1 Å². The van der Waals surface area contributed by atoms with Crippen LogP contribution in [0.4, 0.5) is 22.0 Å². The lowest BCUT2D eigenvalue weighted by Gasteiger charge is -2.18. The van der Waals surface area contributed by atoms with Crippen LogP contribution in [0.1, 0.15) is 24.9 Å². The van der Waals surface area contributed by atoms with Crippen molar-refractivity contribution in [2.24, 2.45) is 0 Å². The molecule has 1 aliphatic heterocycles. The number of carbonyl (C=O) groups is 1. The molecule has 0 spiro atoms. The van der Waals surface area contributed by atoms with Gasteiger partial charge in [-0.25, -0.2) is 8.78 Å². The van der Waals surface area contributed by atoms with Crippen molar-refractivity contribution < 1.29 is 31.5 Å². The van der Waals surface area contributed by atoms with E-state index in [4.69, 9.17) is 0 Å². The Morgan fingerprint density at radius 1 is 1.35 bits per heavy atom. The molecule has 23 heavy (non-hydrogen) atoms. The first-order chi connectivity index (χ1) is 10.6. The molecule has 1 fully saturated rings. The predicted octanol–water partition coefficient (Wildman–Crippen LogP) is 2.76. The van der Waals surface area contributed by atoms with E-state index in [1.165, 1.54) is 12.1 Å². The number of benzene rings is 1. The van der Waals surface area contributed by atoms with Crippen molar-refractivity contribution in [1.29, 1.82) is 0 Å². The van der Waals surface area contributed by atoms with Crippen LogP contribution >= 0.6 is 0 Å². The minimum absolute atomic E-state index is 0.378. The quantitative estimate of drug-likeness (QED) is 0.830. The summed E-state index contributed by atoms with van der Waals surface area (Å²) in [5.74, 6) is -3.87. The van der Waals surface area contributed by atoms with Crippen LogP contribution in [-0.2, 0) is 4.79 Å². The summed E-state index contributed by atoms with van der Waals surface area (Å²) in [5, 5.41) is 4.98. The molecule has 9 heteroatoms. The fraction of sp³-hybridized carbons (Fsp3) is 0.500. The topological polar surface area (TPSA) is 50.4 Å². The predicted molar refractivity (Wildman–Crippen MR) is 71.0 cm³/mol. The van der Waals surface area contributed by atoms with Gasteiger partial charge in [0.25, 0.3) is 5.92 Å².